The topological polar surface area (TPSA) is 146 Å². The van der Waals surface area contributed by atoms with E-state index in [0.29, 0.717) is 30.1 Å². The average Bonchev–Trinajstić information content (AvgIpc) is 2.93. The number of ether oxygens (including phenoxy) is 1. The predicted octanol–water partition coefficient (Wildman–Crippen LogP) is 2.18. The molecular weight excluding hydrogens is 400 g/mol. The van der Waals surface area contributed by atoms with Crippen molar-refractivity contribution in [2.24, 2.45) is 16.5 Å². The number of hydrogen-bond acceptors (Lipinski definition) is 8. The maximum atomic E-state index is 13.1. The highest BCUT2D eigenvalue weighted by Crippen LogP contribution is 2.31. The molecule has 31 heavy (non-hydrogen) atoms. The third kappa shape index (κ3) is 5.86. The van der Waals surface area contributed by atoms with Crippen LogP contribution in [0.2, 0.25) is 0 Å². The maximum Gasteiger partial charge on any atom is 0.404 e. The number of rotatable bonds is 8. The number of amidine groups is 1. The van der Waals surface area contributed by atoms with Crippen molar-refractivity contribution in [2.75, 3.05) is 19.8 Å². The van der Waals surface area contributed by atoms with Gasteiger partial charge in [-0.05, 0) is 24.1 Å². The zero-order valence-corrected chi connectivity index (χ0v) is 17.2. The van der Waals surface area contributed by atoms with Crippen molar-refractivity contribution in [1.29, 1.82) is 0 Å². The number of primary amides is 1. The van der Waals surface area contributed by atoms with Crippen molar-refractivity contribution in [2.45, 2.75) is 19.8 Å². The lowest BCUT2D eigenvalue weighted by molar-refractivity contribution is -0.185. The van der Waals surface area contributed by atoms with Crippen LogP contribution >= 0.6 is 0 Å². The summed E-state index contributed by atoms with van der Waals surface area (Å²) in [6, 6.07) is 5.67. The molecule has 0 spiro atoms. The molecule has 2 heterocycles. The molecular formula is C21H24N6O4. The van der Waals surface area contributed by atoms with Gasteiger partial charge in [0.05, 0.1) is 5.69 Å². The van der Waals surface area contributed by atoms with Gasteiger partial charge in [0.15, 0.2) is 0 Å². The van der Waals surface area contributed by atoms with E-state index in [0.717, 1.165) is 16.7 Å². The fraction of sp³-hybridized carbons (Fsp3) is 0.286. The van der Waals surface area contributed by atoms with Gasteiger partial charge in [-0.15, -0.1) is 0 Å². The van der Waals surface area contributed by atoms with Crippen molar-refractivity contribution < 1.29 is 19.2 Å². The van der Waals surface area contributed by atoms with Gasteiger partial charge in [-0.1, -0.05) is 19.1 Å². The second-order valence-electron chi connectivity index (χ2n) is 6.76. The molecule has 1 aliphatic rings. The van der Waals surface area contributed by atoms with Crippen molar-refractivity contribution in [1.82, 2.24) is 15.0 Å². The highest BCUT2D eigenvalue weighted by Gasteiger charge is 2.22. The third-order valence-corrected chi connectivity index (χ3v) is 4.39. The summed E-state index contributed by atoms with van der Waals surface area (Å²) in [7, 11) is 0. The highest BCUT2D eigenvalue weighted by atomic mass is 16.7. The van der Waals surface area contributed by atoms with Gasteiger partial charge in [0.1, 0.15) is 25.4 Å². The van der Waals surface area contributed by atoms with Crippen LogP contribution in [0.4, 0.5) is 10.5 Å². The fourth-order valence-corrected chi connectivity index (χ4v) is 3.03. The van der Waals surface area contributed by atoms with Gasteiger partial charge < -0.3 is 16.2 Å². The van der Waals surface area contributed by atoms with E-state index in [1.807, 2.05) is 25.1 Å². The summed E-state index contributed by atoms with van der Waals surface area (Å²) < 4.78 is 4.64. The Labute approximate surface area is 179 Å². The number of hydroxylamine groups is 2. The van der Waals surface area contributed by atoms with Gasteiger partial charge in [-0.25, -0.2) is 24.8 Å². The molecule has 1 aliphatic heterocycles. The van der Waals surface area contributed by atoms with Crippen LogP contribution < -0.4 is 11.5 Å². The van der Waals surface area contributed by atoms with Crippen LogP contribution in [0, 0.1) is 0 Å². The first-order chi connectivity index (χ1) is 15.0. The summed E-state index contributed by atoms with van der Waals surface area (Å²) in [5.74, 6) is -0.0132. The lowest BCUT2D eigenvalue weighted by Gasteiger charge is -2.22. The Bertz CT molecular complexity index is 1010. The number of aromatic nitrogens is 2. The summed E-state index contributed by atoms with van der Waals surface area (Å²) in [4.78, 5) is 41.8. The molecule has 10 heteroatoms. The van der Waals surface area contributed by atoms with E-state index in [1.165, 1.54) is 11.4 Å². The molecule has 4 N–H and O–H groups in total. The van der Waals surface area contributed by atoms with Crippen LogP contribution in [0.25, 0.3) is 17.2 Å². The van der Waals surface area contributed by atoms with Gasteiger partial charge in [-0.2, -0.15) is 0 Å². The third-order valence-electron chi connectivity index (χ3n) is 4.39. The van der Waals surface area contributed by atoms with E-state index >= 15 is 0 Å². The maximum absolute atomic E-state index is 13.1. The molecule has 0 aliphatic carbocycles. The van der Waals surface area contributed by atoms with E-state index in [1.54, 1.807) is 18.5 Å². The number of fused-ring (bicyclic) bond motifs is 1. The molecule has 1 aromatic carbocycles. The van der Waals surface area contributed by atoms with Gasteiger partial charge in [0, 0.05) is 42.1 Å². The molecule has 1 aromatic heterocycles. The smallest absolute Gasteiger partial charge is 0.404 e. The number of benzene rings is 1. The number of carbonyl (C=O) groups is 2. The van der Waals surface area contributed by atoms with Gasteiger partial charge in [0.25, 0.3) is 5.91 Å². The summed E-state index contributed by atoms with van der Waals surface area (Å²) in [6.07, 6.45) is 6.62. The molecule has 0 saturated heterocycles. The van der Waals surface area contributed by atoms with Gasteiger partial charge >= 0.3 is 6.09 Å². The van der Waals surface area contributed by atoms with Gasteiger partial charge in [-0.3, -0.25) is 9.63 Å². The SMILES string of the molecule is CCCN(OCCOC(N)=O)C(=O)C1=Cc2ccc(-c3cncnc3)cc2N=C(N)C1. The Hall–Kier alpha value is -3.79. The Kier molecular flexibility index (Phi) is 7.28. The van der Waals surface area contributed by atoms with Crippen LogP contribution in [0.5, 0.6) is 0 Å². The van der Waals surface area contributed by atoms with Gasteiger partial charge in [0.2, 0.25) is 0 Å². The van der Waals surface area contributed by atoms with Crippen LogP contribution in [-0.2, 0) is 14.4 Å². The average molecular weight is 424 g/mol. The lowest BCUT2D eigenvalue weighted by atomic mass is 10.0. The minimum absolute atomic E-state index is 0.00459. The molecule has 0 unspecified atom stereocenters. The monoisotopic (exact) mass is 424 g/mol. The molecule has 2 amide bonds. The first-order valence-corrected chi connectivity index (χ1v) is 9.78. The van der Waals surface area contributed by atoms with Crippen LogP contribution in [0.15, 0.2) is 47.5 Å². The van der Waals surface area contributed by atoms with Crippen LogP contribution in [-0.4, -0.2) is 52.6 Å². The largest absolute Gasteiger partial charge is 0.447 e. The highest BCUT2D eigenvalue weighted by molar-refractivity contribution is 6.05. The normalized spacial score (nSPS) is 12.8. The number of aliphatic imine (C=N–C) groups is 1. The zero-order chi connectivity index (χ0) is 22.2. The molecule has 2 aromatic rings. The number of amides is 2. The Morgan fingerprint density at radius 1 is 1.16 bits per heavy atom. The van der Waals surface area contributed by atoms with E-state index < -0.39 is 6.09 Å². The van der Waals surface area contributed by atoms with Crippen LogP contribution in [0.3, 0.4) is 0 Å². The molecule has 10 nitrogen and oxygen atoms in total. The number of nitrogens with two attached hydrogens (primary N) is 2. The predicted molar refractivity (Wildman–Crippen MR) is 115 cm³/mol. The number of carbonyl (C=O) groups excluding carboxylic acids is 2. The number of nitrogens with zero attached hydrogens (tertiary/aromatic N) is 4. The van der Waals surface area contributed by atoms with E-state index in [4.69, 9.17) is 16.3 Å². The molecule has 0 saturated carbocycles. The summed E-state index contributed by atoms with van der Waals surface area (Å²) in [5, 5.41) is 1.24. The minimum atomic E-state index is -0.898. The van der Waals surface area contributed by atoms with Crippen molar-refractivity contribution >= 4 is 29.6 Å². The lowest BCUT2D eigenvalue weighted by Crippen LogP contribution is -2.35. The summed E-state index contributed by atoms with van der Waals surface area (Å²) in [6.45, 7) is 2.24. The fourth-order valence-electron chi connectivity index (χ4n) is 3.03. The van der Waals surface area contributed by atoms with Crippen molar-refractivity contribution in [3.8, 4) is 11.1 Å². The first-order valence-electron chi connectivity index (χ1n) is 9.78. The second-order valence-corrected chi connectivity index (χ2v) is 6.76. The van der Waals surface area contributed by atoms with E-state index in [-0.39, 0.29) is 25.5 Å². The standard InChI is InChI=1S/C21H24N6O4/c1-2-5-27(31-7-6-30-21(23)29)20(28)16-8-15-4-3-14(17-11-24-13-25-12-17)9-18(15)26-19(22)10-16/h3-4,8-9,11-13H,2,5-7,10H2,1H3,(H2,22,26)(H2,23,29). The molecule has 162 valence electrons. The van der Waals surface area contributed by atoms with Crippen molar-refractivity contribution in [3.63, 3.8) is 0 Å². The van der Waals surface area contributed by atoms with E-state index in [2.05, 4.69) is 19.7 Å². The summed E-state index contributed by atoms with van der Waals surface area (Å²) in [5.41, 5.74) is 14.6. The quantitative estimate of drug-likeness (QED) is 0.488. The van der Waals surface area contributed by atoms with Crippen molar-refractivity contribution in [3.05, 3.63) is 48.1 Å². The Morgan fingerprint density at radius 2 is 1.94 bits per heavy atom. The summed E-state index contributed by atoms with van der Waals surface area (Å²) >= 11 is 0. The Morgan fingerprint density at radius 3 is 2.65 bits per heavy atom. The minimum Gasteiger partial charge on any atom is -0.447 e. The van der Waals surface area contributed by atoms with E-state index in [9.17, 15) is 9.59 Å². The second kappa shape index (κ2) is 10.3. The Balaban J connectivity index is 1.83. The number of hydrogen-bond donors (Lipinski definition) is 2. The molecule has 0 atom stereocenters. The molecule has 3 rings (SSSR count). The molecule has 0 bridgehead atoms. The molecule has 0 fully saturated rings. The zero-order valence-electron chi connectivity index (χ0n) is 17.2. The van der Waals surface area contributed by atoms with Crippen LogP contribution in [0.1, 0.15) is 25.3 Å². The molecule has 0 radical (unpaired) electrons. The first kappa shape index (κ1) is 21.9.